The van der Waals surface area contributed by atoms with Crippen LogP contribution in [0, 0.1) is 0 Å². The third kappa shape index (κ3) is 4.81. The van der Waals surface area contributed by atoms with E-state index in [1.54, 1.807) is 12.1 Å². The summed E-state index contributed by atoms with van der Waals surface area (Å²) in [7, 11) is 0. The minimum absolute atomic E-state index is 0.101. The molecule has 1 aliphatic heterocycles. The first-order valence-electron chi connectivity index (χ1n) is 10.7. The van der Waals surface area contributed by atoms with Crippen molar-refractivity contribution in [2.75, 3.05) is 11.9 Å². The highest BCUT2D eigenvalue weighted by Crippen LogP contribution is 2.39. The van der Waals surface area contributed by atoms with Crippen molar-refractivity contribution in [3.63, 3.8) is 0 Å². The number of aromatic nitrogens is 2. The van der Waals surface area contributed by atoms with Crippen molar-refractivity contribution in [2.45, 2.75) is 38.3 Å². The van der Waals surface area contributed by atoms with Crippen molar-refractivity contribution in [1.82, 2.24) is 20.2 Å². The number of carbonyl (C=O) groups excluding carboxylic acids is 1. The van der Waals surface area contributed by atoms with Crippen LogP contribution in [0.2, 0.25) is 10.0 Å². The Morgan fingerprint density at radius 2 is 1.94 bits per heavy atom. The van der Waals surface area contributed by atoms with Crippen LogP contribution in [0.25, 0.3) is 0 Å². The molecule has 2 amide bonds. The van der Waals surface area contributed by atoms with Gasteiger partial charge in [0.15, 0.2) is 0 Å². The van der Waals surface area contributed by atoms with E-state index in [0.29, 0.717) is 35.6 Å². The summed E-state index contributed by atoms with van der Waals surface area (Å²) in [4.78, 5) is 23.6. The third-order valence-corrected chi connectivity index (χ3v) is 6.60. The summed E-state index contributed by atoms with van der Waals surface area (Å²) in [5.41, 5.74) is 5.32. The minimum Gasteiger partial charge on any atom is -0.340 e. The highest BCUT2D eigenvalue weighted by atomic mass is 35.5. The average molecular weight is 468 g/mol. The summed E-state index contributed by atoms with van der Waals surface area (Å²) >= 11 is 12.0. The first-order chi connectivity index (χ1) is 15.5. The SMILES string of the molecule is O=C(NCc1ccc(Cl)c(Cl)c1)N1CCc2cnc(Nc3ccnc(C4CC4)c3)cc2C1. The monoisotopic (exact) mass is 467 g/mol. The highest BCUT2D eigenvalue weighted by Gasteiger charge is 2.25. The van der Waals surface area contributed by atoms with Gasteiger partial charge < -0.3 is 15.5 Å². The van der Waals surface area contributed by atoms with Gasteiger partial charge in [0.25, 0.3) is 0 Å². The van der Waals surface area contributed by atoms with E-state index in [4.69, 9.17) is 23.2 Å². The standard InChI is InChI=1S/C24H23Cl2N5O/c25-20-4-1-15(9-21(20)26)12-29-24(32)31-8-6-17-13-28-23(10-18(17)14-31)30-19-5-7-27-22(11-19)16-2-3-16/h1,4-5,7,9-11,13,16H,2-3,6,8,12,14H2,(H,29,32)(H,27,28,30). The van der Waals surface area contributed by atoms with Crippen LogP contribution in [0.5, 0.6) is 0 Å². The molecule has 164 valence electrons. The predicted octanol–water partition coefficient (Wildman–Crippen LogP) is 5.67. The Kier molecular flexibility index (Phi) is 5.89. The van der Waals surface area contributed by atoms with Crippen LogP contribution in [0.4, 0.5) is 16.3 Å². The van der Waals surface area contributed by atoms with E-state index >= 15 is 0 Å². The summed E-state index contributed by atoms with van der Waals surface area (Å²) in [5, 5.41) is 7.34. The Morgan fingerprint density at radius 1 is 1.06 bits per heavy atom. The number of amides is 2. The van der Waals surface area contributed by atoms with Crippen molar-refractivity contribution in [2.24, 2.45) is 0 Å². The van der Waals surface area contributed by atoms with Crippen molar-refractivity contribution in [3.05, 3.63) is 81.2 Å². The van der Waals surface area contributed by atoms with Gasteiger partial charge in [0.1, 0.15) is 5.82 Å². The van der Waals surface area contributed by atoms with Crippen molar-refractivity contribution in [3.8, 4) is 0 Å². The van der Waals surface area contributed by atoms with Crippen LogP contribution in [0.1, 0.15) is 41.1 Å². The normalized spacial score (nSPS) is 15.2. The van der Waals surface area contributed by atoms with Gasteiger partial charge in [-0.1, -0.05) is 29.3 Å². The molecule has 1 saturated carbocycles. The fourth-order valence-corrected chi connectivity index (χ4v) is 4.22. The maximum atomic E-state index is 12.7. The number of nitrogens with zero attached hydrogens (tertiary/aromatic N) is 3. The molecule has 0 saturated heterocycles. The molecule has 1 aromatic carbocycles. The van der Waals surface area contributed by atoms with Crippen LogP contribution in [-0.2, 0) is 19.5 Å². The second kappa shape index (κ2) is 8.96. The van der Waals surface area contributed by atoms with E-state index in [9.17, 15) is 4.79 Å². The van der Waals surface area contributed by atoms with E-state index in [2.05, 4.69) is 26.7 Å². The topological polar surface area (TPSA) is 70.2 Å². The molecule has 1 fully saturated rings. The lowest BCUT2D eigenvalue weighted by Gasteiger charge is -2.29. The number of carbonyl (C=O) groups is 1. The molecular weight excluding hydrogens is 445 g/mol. The van der Waals surface area contributed by atoms with Crippen LogP contribution in [-0.4, -0.2) is 27.4 Å². The molecule has 0 spiro atoms. The van der Waals surface area contributed by atoms with Crippen molar-refractivity contribution in [1.29, 1.82) is 0 Å². The molecule has 2 aliphatic rings. The number of pyridine rings is 2. The summed E-state index contributed by atoms with van der Waals surface area (Å²) < 4.78 is 0. The fourth-order valence-electron chi connectivity index (χ4n) is 3.89. The lowest BCUT2D eigenvalue weighted by Crippen LogP contribution is -2.42. The van der Waals surface area contributed by atoms with Gasteiger partial charge in [-0.25, -0.2) is 9.78 Å². The van der Waals surface area contributed by atoms with E-state index in [1.165, 1.54) is 18.4 Å². The largest absolute Gasteiger partial charge is 0.340 e. The van der Waals surface area contributed by atoms with Gasteiger partial charge in [-0.05, 0) is 66.3 Å². The molecule has 1 aliphatic carbocycles. The summed E-state index contributed by atoms with van der Waals surface area (Å²) in [6.45, 7) is 1.60. The van der Waals surface area contributed by atoms with Gasteiger partial charge in [-0.15, -0.1) is 0 Å². The number of hydrogen-bond donors (Lipinski definition) is 2. The van der Waals surface area contributed by atoms with E-state index < -0.39 is 0 Å². The van der Waals surface area contributed by atoms with Crippen LogP contribution in [0.15, 0.2) is 48.8 Å². The quantitative estimate of drug-likeness (QED) is 0.506. The maximum absolute atomic E-state index is 12.7. The van der Waals surface area contributed by atoms with E-state index in [0.717, 1.165) is 34.7 Å². The molecule has 0 unspecified atom stereocenters. The second-order valence-corrected chi connectivity index (χ2v) is 9.10. The van der Waals surface area contributed by atoms with Gasteiger partial charge >= 0.3 is 6.03 Å². The summed E-state index contributed by atoms with van der Waals surface area (Å²) in [6.07, 6.45) is 6.97. The first kappa shape index (κ1) is 21.0. The Labute approximate surface area is 197 Å². The molecule has 0 atom stereocenters. The second-order valence-electron chi connectivity index (χ2n) is 8.29. The summed E-state index contributed by atoms with van der Waals surface area (Å²) in [6, 6.07) is 11.4. The van der Waals surface area contributed by atoms with Gasteiger partial charge in [-0.3, -0.25) is 4.98 Å². The number of fused-ring (bicyclic) bond motifs is 1. The van der Waals surface area contributed by atoms with Gasteiger partial charge in [0.05, 0.1) is 10.0 Å². The number of rotatable bonds is 5. The zero-order chi connectivity index (χ0) is 22.1. The molecular formula is C24H23Cl2N5O. The maximum Gasteiger partial charge on any atom is 0.317 e. The van der Waals surface area contributed by atoms with Crippen LogP contribution >= 0.6 is 23.2 Å². The molecule has 3 aromatic rings. The van der Waals surface area contributed by atoms with Crippen LogP contribution < -0.4 is 10.6 Å². The van der Waals surface area contributed by atoms with E-state index in [-0.39, 0.29) is 6.03 Å². The molecule has 2 aromatic heterocycles. The number of halogens is 2. The highest BCUT2D eigenvalue weighted by molar-refractivity contribution is 6.42. The zero-order valence-corrected chi connectivity index (χ0v) is 19.0. The molecule has 32 heavy (non-hydrogen) atoms. The minimum atomic E-state index is -0.101. The summed E-state index contributed by atoms with van der Waals surface area (Å²) in [5.74, 6) is 1.37. The fraction of sp³-hybridized carbons (Fsp3) is 0.292. The van der Waals surface area contributed by atoms with Gasteiger partial charge in [-0.2, -0.15) is 0 Å². The lowest BCUT2D eigenvalue weighted by atomic mass is 10.0. The first-order valence-corrected chi connectivity index (χ1v) is 11.5. The van der Waals surface area contributed by atoms with Crippen molar-refractivity contribution >= 4 is 40.7 Å². The van der Waals surface area contributed by atoms with Crippen LogP contribution in [0.3, 0.4) is 0 Å². The molecule has 6 nitrogen and oxygen atoms in total. The predicted molar refractivity (Wildman–Crippen MR) is 127 cm³/mol. The van der Waals surface area contributed by atoms with Gasteiger partial charge in [0, 0.05) is 49.3 Å². The Morgan fingerprint density at radius 3 is 2.75 bits per heavy atom. The lowest BCUT2D eigenvalue weighted by molar-refractivity contribution is 0.192. The number of hydrogen-bond acceptors (Lipinski definition) is 4. The molecule has 5 rings (SSSR count). The zero-order valence-electron chi connectivity index (χ0n) is 17.4. The Hall–Kier alpha value is -2.83. The smallest absolute Gasteiger partial charge is 0.317 e. The molecule has 0 radical (unpaired) electrons. The van der Waals surface area contributed by atoms with Gasteiger partial charge in [0.2, 0.25) is 0 Å². The molecule has 3 heterocycles. The number of anilines is 2. The Balaban J connectivity index is 1.23. The number of urea groups is 1. The number of nitrogens with one attached hydrogen (secondary N) is 2. The third-order valence-electron chi connectivity index (χ3n) is 5.86. The molecule has 8 heteroatoms. The number of benzene rings is 1. The average Bonchev–Trinajstić information content (AvgIpc) is 3.65. The van der Waals surface area contributed by atoms with E-state index in [1.807, 2.05) is 35.5 Å². The Bertz CT molecular complexity index is 1160. The molecule has 2 N–H and O–H groups in total. The van der Waals surface area contributed by atoms with Crippen molar-refractivity contribution < 1.29 is 4.79 Å². The molecule has 0 bridgehead atoms.